The Morgan fingerprint density at radius 1 is 1.71 bits per heavy atom. The van der Waals surface area contributed by atoms with E-state index in [2.05, 4.69) is 0 Å². The maximum absolute atomic E-state index is 8.74. The molecular formula is C4H10O2Pb. The van der Waals surface area contributed by atoms with Gasteiger partial charge in [0, 0.05) is 0 Å². The molecule has 0 saturated heterocycles. The van der Waals surface area contributed by atoms with Gasteiger partial charge in [-0.3, -0.25) is 0 Å². The van der Waals surface area contributed by atoms with E-state index in [4.69, 9.17) is 9.84 Å². The van der Waals surface area contributed by atoms with E-state index in [0.717, 1.165) is 25.8 Å². The van der Waals surface area contributed by atoms with Gasteiger partial charge in [-0.15, -0.1) is 0 Å². The van der Waals surface area contributed by atoms with Gasteiger partial charge >= 0.3 is 59.4 Å². The Kier molecular flexibility index (Phi) is 4.25. The van der Waals surface area contributed by atoms with Crippen LogP contribution in [-0.4, -0.2) is 47.8 Å². The van der Waals surface area contributed by atoms with Crippen LogP contribution in [0.15, 0.2) is 0 Å². The third-order valence-corrected chi connectivity index (χ3v) is 3.97. The van der Waals surface area contributed by atoms with Crippen LogP contribution >= 0.6 is 0 Å². The fourth-order valence-corrected chi connectivity index (χ4v) is 0.197. The standard InChI is InChI=1S/C4H9O2.Pb.H/c1-4(5)3-6-2;;/h3-5H,1-2H3;;. The van der Waals surface area contributed by atoms with Crippen molar-refractivity contribution in [1.29, 1.82) is 0 Å². The molecule has 0 aromatic heterocycles. The summed E-state index contributed by atoms with van der Waals surface area (Å²) in [6, 6.07) is 0. The first-order valence-electron chi connectivity index (χ1n) is 2.15. The quantitative estimate of drug-likeness (QED) is 0.679. The summed E-state index contributed by atoms with van der Waals surface area (Å²) in [4.78, 5) is 0. The summed E-state index contributed by atoms with van der Waals surface area (Å²) in [5.41, 5.74) is 0. The van der Waals surface area contributed by atoms with E-state index in [0.29, 0.717) is 0 Å². The molecule has 0 rings (SSSR count). The SMILES string of the molecule is CO[CH]([PbH])C(C)O. The van der Waals surface area contributed by atoms with E-state index in [-0.39, 0.29) is 9.77 Å². The van der Waals surface area contributed by atoms with Crippen molar-refractivity contribution in [3.63, 3.8) is 0 Å². The van der Waals surface area contributed by atoms with Crippen molar-refractivity contribution in [2.45, 2.75) is 16.7 Å². The van der Waals surface area contributed by atoms with Crippen LogP contribution in [0.1, 0.15) is 6.92 Å². The number of hydrogen-bond donors (Lipinski definition) is 1. The van der Waals surface area contributed by atoms with E-state index < -0.39 is 0 Å². The van der Waals surface area contributed by atoms with E-state index in [1.54, 1.807) is 14.0 Å². The van der Waals surface area contributed by atoms with Crippen LogP contribution in [0.2, 0.25) is 0 Å². The predicted molar refractivity (Wildman–Crippen MR) is 29.6 cm³/mol. The maximum atomic E-state index is 8.74. The summed E-state index contributed by atoms with van der Waals surface area (Å²) in [7, 11) is 1.62. The molecule has 42 valence electrons. The molecule has 2 unspecified atom stereocenters. The molecule has 0 bridgehead atoms. The van der Waals surface area contributed by atoms with Gasteiger partial charge in [-0.1, -0.05) is 0 Å². The predicted octanol–water partition coefficient (Wildman–Crippen LogP) is -0.760. The molecule has 0 aliphatic carbocycles. The molecule has 0 aromatic rings. The van der Waals surface area contributed by atoms with Gasteiger partial charge in [-0.25, -0.2) is 0 Å². The van der Waals surface area contributed by atoms with Gasteiger partial charge in [-0.05, 0) is 0 Å². The molecule has 0 fully saturated rings. The minimum absolute atomic E-state index is 0.125. The molecule has 0 heterocycles. The number of hydrogen-bond acceptors (Lipinski definition) is 2. The van der Waals surface area contributed by atoms with Gasteiger partial charge < -0.3 is 0 Å². The zero-order valence-corrected chi connectivity index (χ0v) is 9.08. The van der Waals surface area contributed by atoms with Gasteiger partial charge in [0.25, 0.3) is 0 Å². The van der Waals surface area contributed by atoms with E-state index in [1.165, 1.54) is 0 Å². The molecule has 0 spiro atoms. The first-order valence-corrected chi connectivity index (χ1v) is 4.74. The molecule has 2 radical (unpaired) electrons. The van der Waals surface area contributed by atoms with E-state index in [9.17, 15) is 0 Å². The third kappa shape index (κ3) is 3.43. The van der Waals surface area contributed by atoms with Crippen molar-refractivity contribution in [3.05, 3.63) is 0 Å². The third-order valence-electron chi connectivity index (χ3n) is 0.748. The molecule has 1 N–H and O–H groups in total. The van der Waals surface area contributed by atoms with Crippen molar-refractivity contribution in [3.8, 4) is 0 Å². The molecule has 3 heteroatoms. The molecule has 2 atom stereocenters. The van der Waals surface area contributed by atoms with Crippen LogP contribution in [0.4, 0.5) is 0 Å². The van der Waals surface area contributed by atoms with Crippen LogP contribution < -0.4 is 0 Å². The summed E-state index contributed by atoms with van der Waals surface area (Å²) < 4.78 is 4.96. The Bertz CT molecular complexity index is 47.0. The number of aliphatic hydroxyl groups is 1. The number of rotatable bonds is 2. The second-order valence-electron chi connectivity index (χ2n) is 1.44. The fourth-order valence-electron chi connectivity index (χ4n) is 0.197. The Labute approximate surface area is 59.5 Å². The Hall–Kier alpha value is 0.842. The monoisotopic (exact) mass is 298 g/mol. The van der Waals surface area contributed by atoms with Crippen LogP contribution in [0.3, 0.4) is 0 Å². The van der Waals surface area contributed by atoms with Crippen molar-refractivity contribution in [2.75, 3.05) is 7.11 Å². The molecule has 2 nitrogen and oxygen atoms in total. The van der Waals surface area contributed by atoms with Crippen LogP contribution in [-0.2, 0) is 4.74 Å². The van der Waals surface area contributed by atoms with Crippen molar-refractivity contribution in [1.82, 2.24) is 0 Å². The Balaban J connectivity index is 3.14. The fraction of sp³-hybridized carbons (Fsp3) is 1.00. The zero-order chi connectivity index (χ0) is 5.86. The average molecular weight is 297 g/mol. The van der Waals surface area contributed by atoms with Gasteiger partial charge in [0.1, 0.15) is 0 Å². The van der Waals surface area contributed by atoms with Crippen LogP contribution in [0.5, 0.6) is 0 Å². The Morgan fingerprint density at radius 3 is 2.14 bits per heavy atom. The summed E-state index contributed by atoms with van der Waals surface area (Å²) in [6.45, 7) is 1.74. The number of methoxy groups -OCH3 is 1. The van der Waals surface area contributed by atoms with Crippen molar-refractivity contribution >= 4 is 25.8 Å². The summed E-state index contributed by atoms with van der Waals surface area (Å²) in [6.07, 6.45) is -0.282. The molecule has 0 aromatic carbocycles. The molecule has 0 aliphatic rings. The normalized spacial score (nSPS) is 18.9. The first kappa shape index (κ1) is 7.84. The molecule has 0 amide bonds. The van der Waals surface area contributed by atoms with E-state index >= 15 is 0 Å². The molecule has 7 heavy (non-hydrogen) atoms. The molecular weight excluding hydrogens is 287 g/mol. The second kappa shape index (κ2) is 3.80. The van der Waals surface area contributed by atoms with Crippen molar-refractivity contribution in [2.24, 2.45) is 0 Å². The summed E-state index contributed by atoms with van der Waals surface area (Å²) in [5.74, 6) is 0. The van der Waals surface area contributed by atoms with E-state index in [1.807, 2.05) is 0 Å². The number of ether oxygens (including phenoxy) is 1. The van der Waals surface area contributed by atoms with Gasteiger partial charge in [0.15, 0.2) is 0 Å². The Morgan fingerprint density at radius 2 is 2.14 bits per heavy atom. The van der Waals surface area contributed by atoms with Gasteiger partial charge in [0.05, 0.1) is 0 Å². The zero-order valence-electron chi connectivity index (χ0n) is 4.59. The van der Waals surface area contributed by atoms with Gasteiger partial charge in [-0.2, -0.15) is 0 Å². The second-order valence-corrected chi connectivity index (χ2v) is 4.00. The molecule has 0 saturated carbocycles. The minimum atomic E-state index is -0.282. The summed E-state index contributed by atoms with van der Waals surface area (Å²) >= 11 is 0.718. The van der Waals surface area contributed by atoms with Crippen LogP contribution in [0.25, 0.3) is 0 Å². The average Bonchev–Trinajstić information content (AvgIpc) is 1.65. The first-order chi connectivity index (χ1) is 3.18. The number of aliphatic hydroxyl groups excluding tert-OH is 1. The van der Waals surface area contributed by atoms with Crippen LogP contribution in [0, 0.1) is 0 Å². The van der Waals surface area contributed by atoms with Gasteiger partial charge in [0.2, 0.25) is 0 Å². The molecule has 0 aliphatic heterocycles. The summed E-state index contributed by atoms with van der Waals surface area (Å²) in [5, 5.41) is 8.74. The topological polar surface area (TPSA) is 29.5 Å². The van der Waals surface area contributed by atoms with Crippen molar-refractivity contribution < 1.29 is 9.84 Å².